The molecule has 3 rings (SSSR count). The Morgan fingerprint density at radius 2 is 2.08 bits per heavy atom. The third kappa shape index (κ3) is 4.20. The van der Waals surface area contributed by atoms with Gasteiger partial charge in [0, 0.05) is 19.1 Å². The second-order valence-corrected chi connectivity index (χ2v) is 6.54. The molecule has 1 aliphatic rings. The lowest BCUT2D eigenvalue weighted by Gasteiger charge is -2.06. The monoisotopic (exact) mass is 328 g/mol. The number of hydrogen-bond acceptors (Lipinski definition) is 4. The van der Waals surface area contributed by atoms with E-state index in [1.54, 1.807) is 4.68 Å². The van der Waals surface area contributed by atoms with Crippen LogP contribution in [0.15, 0.2) is 30.5 Å². The van der Waals surface area contributed by atoms with Gasteiger partial charge in [0.1, 0.15) is 0 Å². The Morgan fingerprint density at radius 3 is 2.75 bits per heavy atom. The SMILES string of the molecule is C[C@@H]1C[C@H]1C(=O)NCc1ccc(-n2cc(CCCCO)nn2)cc1. The summed E-state index contributed by atoms with van der Waals surface area (Å²) in [5, 5.41) is 20.1. The molecule has 1 heterocycles. The van der Waals surface area contributed by atoms with E-state index in [2.05, 4.69) is 22.6 Å². The van der Waals surface area contributed by atoms with Crippen LogP contribution < -0.4 is 5.32 Å². The molecule has 1 amide bonds. The van der Waals surface area contributed by atoms with Gasteiger partial charge in [0.15, 0.2) is 0 Å². The van der Waals surface area contributed by atoms with Gasteiger partial charge in [0.2, 0.25) is 5.91 Å². The molecule has 0 aliphatic heterocycles. The number of rotatable bonds is 8. The van der Waals surface area contributed by atoms with E-state index >= 15 is 0 Å². The van der Waals surface area contributed by atoms with Crippen LogP contribution in [0.1, 0.15) is 37.4 Å². The lowest BCUT2D eigenvalue weighted by Crippen LogP contribution is -2.24. The summed E-state index contributed by atoms with van der Waals surface area (Å²) >= 11 is 0. The fraction of sp³-hybridized carbons (Fsp3) is 0.500. The molecule has 1 fully saturated rings. The van der Waals surface area contributed by atoms with Crippen LogP contribution in [0.25, 0.3) is 5.69 Å². The molecule has 1 aliphatic carbocycles. The molecule has 0 unspecified atom stereocenters. The minimum Gasteiger partial charge on any atom is -0.396 e. The molecule has 0 spiro atoms. The number of nitrogens with zero attached hydrogens (tertiary/aromatic N) is 3. The molecule has 2 aromatic rings. The number of aromatic nitrogens is 3. The number of aliphatic hydroxyl groups excluding tert-OH is 1. The second-order valence-electron chi connectivity index (χ2n) is 6.54. The molecule has 0 saturated heterocycles. The minimum atomic E-state index is 0.162. The number of carbonyl (C=O) groups is 1. The molecule has 1 saturated carbocycles. The van der Waals surface area contributed by atoms with Gasteiger partial charge in [-0.15, -0.1) is 5.10 Å². The third-order valence-electron chi connectivity index (χ3n) is 4.50. The van der Waals surface area contributed by atoms with Gasteiger partial charge < -0.3 is 10.4 Å². The first-order valence-electron chi connectivity index (χ1n) is 8.56. The van der Waals surface area contributed by atoms with Crippen molar-refractivity contribution in [1.82, 2.24) is 20.3 Å². The highest BCUT2D eigenvalue weighted by Crippen LogP contribution is 2.37. The van der Waals surface area contributed by atoms with Crippen LogP contribution in [0.4, 0.5) is 0 Å². The van der Waals surface area contributed by atoms with Crippen molar-refractivity contribution in [2.24, 2.45) is 11.8 Å². The van der Waals surface area contributed by atoms with Gasteiger partial charge in [-0.25, -0.2) is 4.68 Å². The quantitative estimate of drug-likeness (QED) is 0.725. The fourth-order valence-corrected chi connectivity index (χ4v) is 2.73. The summed E-state index contributed by atoms with van der Waals surface area (Å²) in [7, 11) is 0. The van der Waals surface area contributed by atoms with Crippen molar-refractivity contribution in [3.8, 4) is 5.69 Å². The topological polar surface area (TPSA) is 80.0 Å². The van der Waals surface area contributed by atoms with E-state index in [9.17, 15) is 4.79 Å². The summed E-state index contributed by atoms with van der Waals surface area (Å²) in [4.78, 5) is 11.8. The Kier molecular flexibility index (Phi) is 5.25. The lowest BCUT2D eigenvalue weighted by atomic mass is 10.2. The maximum atomic E-state index is 11.8. The van der Waals surface area contributed by atoms with E-state index in [1.807, 2.05) is 30.5 Å². The number of aryl methyl sites for hydroxylation is 1. The van der Waals surface area contributed by atoms with Crippen LogP contribution in [0.5, 0.6) is 0 Å². The normalized spacial score (nSPS) is 19.2. The molecule has 1 aromatic carbocycles. The van der Waals surface area contributed by atoms with E-state index in [-0.39, 0.29) is 18.4 Å². The van der Waals surface area contributed by atoms with Gasteiger partial charge in [-0.3, -0.25) is 4.79 Å². The predicted molar refractivity (Wildman–Crippen MR) is 90.5 cm³/mol. The highest BCUT2D eigenvalue weighted by Gasteiger charge is 2.38. The molecule has 0 radical (unpaired) electrons. The van der Waals surface area contributed by atoms with Gasteiger partial charge in [-0.2, -0.15) is 0 Å². The van der Waals surface area contributed by atoms with Gasteiger partial charge in [0.25, 0.3) is 0 Å². The molecule has 128 valence electrons. The zero-order valence-electron chi connectivity index (χ0n) is 14.0. The standard InChI is InChI=1S/C18H24N4O2/c1-13-10-17(13)18(24)19-11-14-5-7-16(8-6-14)22-12-15(20-21-22)4-2-3-9-23/h5-8,12-13,17,23H,2-4,9-11H2,1H3,(H,19,24)/t13-,17-/m1/s1. The Hall–Kier alpha value is -2.21. The average molecular weight is 328 g/mol. The third-order valence-corrected chi connectivity index (χ3v) is 4.50. The largest absolute Gasteiger partial charge is 0.396 e. The highest BCUT2D eigenvalue weighted by molar-refractivity contribution is 5.81. The molecule has 6 heteroatoms. The summed E-state index contributed by atoms with van der Waals surface area (Å²) in [6.07, 6.45) is 5.45. The summed E-state index contributed by atoms with van der Waals surface area (Å²) in [6.45, 7) is 2.88. The molecular formula is C18H24N4O2. The number of unbranched alkanes of at least 4 members (excludes halogenated alkanes) is 1. The minimum absolute atomic E-state index is 0.162. The number of benzene rings is 1. The zero-order chi connectivity index (χ0) is 16.9. The zero-order valence-corrected chi connectivity index (χ0v) is 14.0. The van der Waals surface area contributed by atoms with Crippen LogP contribution in [-0.2, 0) is 17.8 Å². The highest BCUT2D eigenvalue weighted by atomic mass is 16.2. The van der Waals surface area contributed by atoms with Crippen molar-refractivity contribution in [1.29, 1.82) is 0 Å². The van der Waals surface area contributed by atoms with Crippen molar-refractivity contribution in [3.05, 3.63) is 41.7 Å². The lowest BCUT2D eigenvalue weighted by molar-refractivity contribution is -0.122. The maximum absolute atomic E-state index is 11.8. The number of hydrogen-bond donors (Lipinski definition) is 2. The number of aliphatic hydroxyl groups is 1. The Balaban J connectivity index is 1.53. The van der Waals surface area contributed by atoms with Gasteiger partial charge in [-0.1, -0.05) is 24.3 Å². The summed E-state index contributed by atoms with van der Waals surface area (Å²) < 4.78 is 1.75. The Labute approximate surface area is 141 Å². The van der Waals surface area contributed by atoms with E-state index in [0.29, 0.717) is 12.5 Å². The molecule has 24 heavy (non-hydrogen) atoms. The predicted octanol–water partition coefficient (Wildman–Crippen LogP) is 1.85. The van der Waals surface area contributed by atoms with Crippen molar-refractivity contribution in [2.45, 2.75) is 39.2 Å². The molecule has 6 nitrogen and oxygen atoms in total. The molecule has 0 bridgehead atoms. The van der Waals surface area contributed by atoms with E-state index in [1.165, 1.54) is 0 Å². The maximum Gasteiger partial charge on any atom is 0.223 e. The first kappa shape index (κ1) is 16.6. The number of amides is 1. The van der Waals surface area contributed by atoms with Gasteiger partial charge in [-0.05, 0) is 49.3 Å². The van der Waals surface area contributed by atoms with Crippen LogP contribution >= 0.6 is 0 Å². The molecule has 2 N–H and O–H groups in total. The Bertz CT molecular complexity index is 681. The number of nitrogens with one attached hydrogen (secondary N) is 1. The Morgan fingerprint density at radius 1 is 1.33 bits per heavy atom. The van der Waals surface area contributed by atoms with Crippen LogP contribution in [-0.4, -0.2) is 32.6 Å². The van der Waals surface area contributed by atoms with Gasteiger partial charge in [0.05, 0.1) is 17.6 Å². The average Bonchev–Trinajstić information content (AvgIpc) is 3.15. The van der Waals surface area contributed by atoms with E-state index in [0.717, 1.165) is 42.6 Å². The van der Waals surface area contributed by atoms with Gasteiger partial charge >= 0.3 is 0 Å². The molecular weight excluding hydrogens is 304 g/mol. The van der Waals surface area contributed by atoms with Crippen molar-refractivity contribution < 1.29 is 9.90 Å². The van der Waals surface area contributed by atoms with Crippen molar-refractivity contribution in [2.75, 3.05) is 6.61 Å². The smallest absolute Gasteiger partial charge is 0.223 e. The fourth-order valence-electron chi connectivity index (χ4n) is 2.73. The molecule has 1 aromatic heterocycles. The van der Waals surface area contributed by atoms with Crippen LogP contribution in [0.2, 0.25) is 0 Å². The first-order valence-corrected chi connectivity index (χ1v) is 8.56. The van der Waals surface area contributed by atoms with Crippen molar-refractivity contribution >= 4 is 5.91 Å². The van der Waals surface area contributed by atoms with Crippen molar-refractivity contribution in [3.63, 3.8) is 0 Å². The van der Waals surface area contributed by atoms with E-state index in [4.69, 9.17) is 5.11 Å². The summed E-state index contributed by atoms with van der Waals surface area (Å²) in [6, 6.07) is 7.96. The first-order chi connectivity index (χ1) is 11.7. The molecule has 2 atom stereocenters. The van der Waals surface area contributed by atoms with E-state index < -0.39 is 0 Å². The summed E-state index contributed by atoms with van der Waals surface area (Å²) in [5.41, 5.74) is 2.95. The van der Waals surface area contributed by atoms with Crippen LogP contribution in [0, 0.1) is 11.8 Å². The summed E-state index contributed by atoms with van der Waals surface area (Å²) in [5.74, 6) is 0.908. The second kappa shape index (κ2) is 7.57. The number of carbonyl (C=O) groups excluding carboxylic acids is 1. The van der Waals surface area contributed by atoms with Crippen LogP contribution in [0.3, 0.4) is 0 Å².